The molecule has 0 saturated heterocycles. The van der Waals surface area contributed by atoms with Gasteiger partial charge in [0.05, 0.1) is 24.8 Å². The van der Waals surface area contributed by atoms with E-state index in [4.69, 9.17) is 9.47 Å². The Balaban J connectivity index is 1.81. The van der Waals surface area contributed by atoms with Crippen molar-refractivity contribution in [1.29, 1.82) is 0 Å². The molecule has 0 radical (unpaired) electrons. The molecule has 0 aliphatic rings. The van der Waals surface area contributed by atoms with Crippen LogP contribution in [0.3, 0.4) is 0 Å². The Hall–Kier alpha value is -4.83. The number of hydrogen-bond acceptors (Lipinski definition) is 6. The number of ether oxygens (including phenoxy) is 2. The smallest absolute Gasteiger partial charge is 0.264 e. The fraction of sp³-hybridized carbons (Fsp3) is 0.297. The van der Waals surface area contributed by atoms with E-state index in [0.717, 1.165) is 21.0 Å². The molecule has 47 heavy (non-hydrogen) atoms. The van der Waals surface area contributed by atoms with Crippen LogP contribution in [-0.2, 0) is 32.6 Å². The first-order valence-corrected chi connectivity index (χ1v) is 17.0. The maximum Gasteiger partial charge on any atom is 0.264 e. The molecule has 0 aliphatic carbocycles. The first kappa shape index (κ1) is 35.0. The fourth-order valence-corrected chi connectivity index (χ4v) is 6.55. The van der Waals surface area contributed by atoms with E-state index in [1.54, 1.807) is 24.3 Å². The lowest BCUT2D eigenvalue weighted by molar-refractivity contribution is -0.140. The van der Waals surface area contributed by atoms with Gasteiger partial charge in [-0.2, -0.15) is 0 Å². The van der Waals surface area contributed by atoms with Gasteiger partial charge in [-0.3, -0.25) is 13.9 Å². The van der Waals surface area contributed by atoms with Crippen LogP contribution in [0.15, 0.2) is 108 Å². The van der Waals surface area contributed by atoms with Gasteiger partial charge in [0.2, 0.25) is 11.8 Å². The highest BCUT2D eigenvalue weighted by Crippen LogP contribution is 2.32. The fourth-order valence-electron chi connectivity index (χ4n) is 5.12. The van der Waals surface area contributed by atoms with E-state index >= 15 is 0 Å². The van der Waals surface area contributed by atoms with Crippen molar-refractivity contribution in [1.82, 2.24) is 10.2 Å². The maximum absolute atomic E-state index is 14.6. The van der Waals surface area contributed by atoms with Crippen molar-refractivity contribution in [3.63, 3.8) is 0 Å². The van der Waals surface area contributed by atoms with Crippen LogP contribution in [0, 0.1) is 6.92 Å². The van der Waals surface area contributed by atoms with E-state index in [9.17, 15) is 18.0 Å². The predicted molar refractivity (Wildman–Crippen MR) is 184 cm³/mol. The number of nitrogens with one attached hydrogen (secondary N) is 1. The van der Waals surface area contributed by atoms with Crippen LogP contribution < -0.4 is 19.1 Å². The summed E-state index contributed by atoms with van der Waals surface area (Å²) in [6, 6.07) is 29.0. The van der Waals surface area contributed by atoms with Crippen LogP contribution >= 0.6 is 0 Å². The summed E-state index contributed by atoms with van der Waals surface area (Å²) in [5.74, 6) is -0.232. The Bertz CT molecular complexity index is 1730. The molecule has 0 fully saturated rings. The van der Waals surface area contributed by atoms with Crippen molar-refractivity contribution in [2.75, 3.05) is 25.1 Å². The van der Waals surface area contributed by atoms with Crippen molar-refractivity contribution in [3.8, 4) is 11.5 Å². The van der Waals surface area contributed by atoms with Gasteiger partial charge >= 0.3 is 0 Å². The van der Waals surface area contributed by atoms with Gasteiger partial charge in [-0.05, 0) is 55.7 Å². The summed E-state index contributed by atoms with van der Waals surface area (Å²) in [7, 11) is -1.41. The van der Waals surface area contributed by atoms with Crippen LogP contribution in [-0.4, -0.2) is 58.0 Å². The van der Waals surface area contributed by atoms with Crippen LogP contribution in [0.5, 0.6) is 11.5 Å². The largest absolute Gasteiger partial charge is 0.493 e. The zero-order valence-electron chi connectivity index (χ0n) is 27.6. The quantitative estimate of drug-likeness (QED) is 0.174. The number of carbonyl (C=O) groups excluding carboxylic acids is 2. The number of rotatable bonds is 15. The van der Waals surface area contributed by atoms with Crippen molar-refractivity contribution in [2.24, 2.45) is 0 Å². The van der Waals surface area contributed by atoms with Gasteiger partial charge in [-0.15, -0.1) is 0 Å². The van der Waals surface area contributed by atoms with E-state index in [0.29, 0.717) is 17.9 Å². The summed E-state index contributed by atoms with van der Waals surface area (Å²) >= 11 is 0. The van der Waals surface area contributed by atoms with Gasteiger partial charge in [-0.1, -0.05) is 85.3 Å². The zero-order valence-corrected chi connectivity index (χ0v) is 28.4. The molecule has 9 nitrogen and oxygen atoms in total. The van der Waals surface area contributed by atoms with Crippen molar-refractivity contribution < 1.29 is 27.5 Å². The summed E-state index contributed by atoms with van der Waals surface area (Å²) < 4.78 is 40.5. The zero-order chi connectivity index (χ0) is 34.0. The lowest BCUT2D eigenvalue weighted by Gasteiger charge is -2.34. The van der Waals surface area contributed by atoms with E-state index in [-0.39, 0.29) is 35.6 Å². The molecule has 0 aliphatic heterocycles. The second kappa shape index (κ2) is 16.1. The molecule has 2 atom stereocenters. The molecule has 4 aromatic rings. The molecule has 10 heteroatoms. The Kier molecular flexibility index (Phi) is 12.0. The molecule has 248 valence electrons. The number of carbonyl (C=O) groups is 2. The maximum atomic E-state index is 14.6. The number of nitrogens with zero attached hydrogens (tertiary/aromatic N) is 2. The number of amides is 2. The second-order valence-electron chi connectivity index (χ2n) is 11.4. The number of methoxy groups -OCH3 is 2. The lowest BCUT2D eigenvalue weighted by atomic mass is 10.0. The average Bonchev–Trinajstić information content (AvgIpc) is 3.09. The highest BCUT2D eigenvalue weighted by molar-refractivity contribution is 7.92. The summed E-state index contributed by atoms with van der Waals surface area (Å²) in [6.45, 7) is 5.34. The van der Waals surface area contributed by atoms with Crippen LogP contribution in [0.25, 0.3) is 0 Å². The number of hydrogen-bond donors (Lipinski definition) is 1. The van der Waals surface area contributed by atoms with Gasteiger partial charge in [0.1, 0.15) is 12.6 Å². The van der Waals surface area contributed by atoms with Crippen LogP contribution in [0.1, 0.15) is 37.0 Å². The van der Waals surface area contributed by atoms with E-state index in [2.05, 4.69) is 5.32 Å². The van der Waals surface area contributed by atoms with Crippen LogP contribution in [0.2, 0.25) is 0 Å². The highest BCUT2D eigenvalue weighted by atomic mass is 32.2. The molecular formula is C37H43N3O6S. The van der Waals surface area contributed by atoms with Crippen molar-refractivity contribution in [3.05, 3.63) is 120 Å². The average molecular weight is 658 g/mol. The SMILES string of the molecule is CC[C@H](C)NC(=O)[C@@H](Cc1ccccc1)N(Cc1ccccc1)C(=O)CN(c1ccc(C)cc1)S(=O)(=O)c1ccc(OC)c(OC)c1. The minimum atomic E-state index is -4.30. The molecule has 0 unspecified atom stereocenters. The Morgan fingerprint density at radius 2 is 1.40 bits per heavy atom. The predicted octanol–water partition coefficient (Wildman–Crippen LogP) is 5.76. The monoisotopic (exact) mass is 657 g/mol. The third-order valence-electron chi connectivity index (χ3n) is 8.01. The summed E-state index contributed by atoms with van der Waals surface area (Å²) in [5, 5.41) is 3.05. The standard InChI is InChI=1S/C37H43N3O6S/c1-6-28(3)38-37(42)33(23-29-13-9-7-10-14-29)39(25-30-15-11-8-12-16-30)36(41)26-40(31-19-17-27(2)18-20-31)47(43,44)32-21-22-34(45-4)35(24-32)46-5/h7-22,24,28,33H,6,23,25-26H2,1-5H3,(H,38,42)/t28-,33+/m0/s1. The first-order chi connectivity index (χ1) is 22.6. The first-order valence-electron chi connectivity index (χ1n) is 15.6. The molecule has 0 saturated carbocycles. The third-order valence-corrected chi connectivity index (χ3v) is 9.78. The summed E-state index contributed by atoms with van der Waals surface area (Å²) in [6.07, 6.45) is 0.954. The summed E-state index contributed by atoms with van der Waals surface area (Å²) in [4.78, 5) is 29.9. The Morgan fingerprint density at radius 3 is 1.98 bits per heavy atom. The number of aryl methyl sites for hydroxylation is 1. The third kappa shape index (κ3) is 8.92. The molecule has 0 aromatic heterocycles. The lowest BCUT2D eigenvalue weighted by Crippen LogP contribution is -2.54. The van der Waals surface area contributed by atoms with Gasteiger partial charge in [0.25, 0.3) is 10.0 Å². The van der Waals surface area contributed by atoms with E-state index in [1.807, 2.05) is 81.4 Å². The van der Waals surface area contributed by atoms with Gasteiger partial charge in [-0.25, -0.2) is 8.42 Å². The molecular weight excluding hydrogens is 614 g/mol. The van der Waals surface area contributed by atoms with Crippen molar-refractivity contribution in [2.45, 2.75) is 57.1 Å². The van der Waals surface area contributed by atoms with E-state index in [1.165, 1.54) is 37.3 Å². The van der Waals surface area contributed by atoms with Gasteiger partial charge in [0.15, 0.2) is 11.5 Å². The molecule has 0 bridgehead atoms. The van der Waals surface area contributed by atoms with Crippen LogP contribution in [0.4, 0.5) is 5.69 Å². The topological polar surface area (TPSA) is 105 Å². The molecule has 0 spiro atoms. The minimum absolute atomic E-state index is 0.0755. The van der Waals surface area contributed by atoms with Gasteiger partial charge < -0.3 is 19.7 Å². The van der Waals surface area contributed by atoms with Crippen molar-refractivity contribution >= 4 is 27.5 Å². The number of sulfonamides is 1. The molecule has 4 aromatic carbocycles. The second-order valence-corrected chi connectivity index (χ2v) is 13.3. The number of anilines is 1. The molecule has 0 heterocycles. The van der Waals surface area contributed by atoms with Gasteiger partial charge in [0, 0.05) is 25.1 Å². The number of benzene rings is 4. The molecule has 4 rings (SSSR count). The molecule has 2 amide bonds. The highest BCUT2D eigenvalue weighted by Gasteiger charge is 2.35. The Labute approximate surface area is 278 Å². The van der Waals surface area contributed by atoms with E-state index < -0.39 is 28.5 Å². The normalized spacial score (nSPS) is 12.4. The Morgan fingerprint density at radius 1 is 0.809 bits per heavy atom. The summed E-state index contributed by atoms with van der Waals surface area (Å²) in [5.41, 5.74) is 2.91. The minimum Gasteiger partial charge on any atom is -0.493 e. The molecule has 1 N–H and O–H groups in total.